The third kappa shape index (κ3) is 7.29. The van der Waals surface area contributed by atoms with Crippen LogP contribution in [0.3, 0.4) is 0 Å². The SMILES string of the molecule is O=C(COC(=O)CCc1ncc(-c2ccc(F)cc2F)o1)NCc1ccccc1OC(F)(F)F. The average Bonchev–Trinajstić information content (AvgIpc) is 3.23. The van der Waals surface area contributed by atoms with Crippen LogP contribution in [0.1, 0.15) is 17.9 Å². The molecular formula is C22H17F5N2O5. The third-order valence-corrected chi connectivity index (χ3v) is 4.33. The number of carbonyl (C=O) groups is 2. The average molecular weight is 484 g/mol. The molecule has 0 saturated carbocycles. The van der Waals surface area contributed by atoms with Crippen molar-refractivity contribution in [1.82, 2.24) is 10.3 Å². The highest BCUT2D eigenvalue weighted by Gasteiger charge is 2.32. The molecule has 0 unspecified atom stereocenters. The van der Waals surface area contributed by atoms with E-state index in [0.29, 0.717) is 6.07 Å². The summed E-state index contributed by atoms with van der Waals surface area (Å²) in [5.41, 5.74) is 0.0818. The number of amides is 1. The quantitative estimate of drug-likeness (QED) is 0.360. The minimum absolute atomic E-state index is 0.00149. The summed E-state index contributed by atoms with van der Waals surface area (Å²) < 4.78 is 78.2. The van der Waals surface area contributed by atoms with E-state index in [1.54, 1.807) is 0 Å². The topological polar surface area (TPSA) is 90.7 Å². The van der Waals surface area contributed by atoms with Crippen molar-refractivity contribution in [3.05, 3.63) is 71.8 Å². The van der Waals surface area contributed by atoms with Gasteiger partial charge in [-0.05, 0) is 18.2 Å². The fourth-order valence-corrected chi connectivity index (χ4v) is 2.79. The number of nitrogens with one attached hydrogen (secondary N) is 1. The number of hydrogen-bond donors (Lipinski definition) is 1. The van der Waals surface area contributed by atoms with Gasteiger partial charge in [-0.3, -0.25) is 9.59 Å². The van der Waals surface area contributed by atoms with Crippen molar-refractivity contribution >= 4 is 11.9 Å². The Bertz CT molecular complexity index is 1160. The van der Waals surface area contributed by atoms with Gasteiger partial charge in [-0.1, -0.05) is 18.2 Å². The molecule has 180 valence electrons. The molecule has 7 nitrogen and oxygen atoms in total. The largest absolute Gasteiger partial charge is 0.573 e. The van der Waals surface area contributed by atoms with Crippen molar-refractivity contribution < 1.29 is 45.4 Å². The number of ether oxygens (including phenoxy) is 2. The van der Waals surface area contributed by atoms with Crippen molar-refractivity contribution in [2.75, 3.05) is 6.61 Å². The maximum Gasteiger partial charge on any atom is 0.573 e. The second-order valence-electron chi connectivity index (χ2n) is 6.84. The highest BCUT2D eigenvalue weighted by Crippen LogP contribution is 2.26. The molecule has 3 rings (SSSR count). The zero-order valence-electron chi connectivity index (χ0n) is 17.3. The van der Waals surface area contributed by atoms with Gasteiger partial charge in [0.2, 0.25) is 0 Å². The van der Waals surface area contributed by atoms with E-state index in [1.807, 2.05) is 0 Å². The summed E-state index contributed by atoms with van der Waals surface area (Å²) in [5, 5.41) is 2.33. The van der Waals surface area contributed by atoms with E-state index in [0.717, 1.165) is 12.1 Å². The molecule has 12 heteroatoms. The number of oxazole rings is 1. The summed E-state index contributed by atoms with van der Waals surface area (Å²) in [5.74, 6) is -3.38. The molecule has 0 aliphatic carbocycles. The van der Waals surface area contributed by atoms with Gasteiger partial charge < -0.3 is 19.2 Å². The highest BCUT2D eigenvalue weighted by atomic mass is 19.4. The maximum atomic E-state index is 13.8. The van der Waals surface area contributed by atoms with E-state index in [2.05, 4.69) is 15.0 Å². The molecule has 0 aliphatic rings. The third-order valence-electron chi connectivity index (χ3n) is 4.33. The molecule has 0 radical (unpaired) electrons. The van der Waals surface area contributed by atoms with E-state index in [1.165, 1.54) is 30.5 Å². The van der Waals surface area contributed by atoms with Crippen LogP contribution in [0.25, 0.3) is 11.3 Å². The fourth-order valence-electron chi connectivity index (χ4n) is 2.79. The van der Waals surface area contributed by atoms with Crippen LogP contribution >= 0.6 is 0 Å². The summed E-state index contributed by atoms with van der Waals surface area (Å²) in [6.07, 6.45) is -3.87. The van der Waals surface area contributed by atoms with Gasteiger partial charge in [0.15, 0.2) is 18.3 Å². The lowest BCUT2D eigenvalue weighted by molar-refractivity contribution is -0.274. The smallest absolute Gasteiger partial charge is 0.456 e. The van der Waals surface area contributed by atoms with Gasteiger partial charge in [0, 0.05) is 24.6 Å². The maximum absolute atomic E-state index is 13.8. The molecule has 1 aromatic heterocycles. The first-order chi connectivity index (χ1) is 16.1. The van der Waals surface area contributed by atoms with Crippen LogP contribution in [0.4, 0.5) is 22.0 Å². The second kappa shape index (κ2) is 10.8. The lowest BCUT2D eigenvalue weighted by atomic mass is 10.2. The van der Waals surface area contributed by atoms with Crippen molar-refractivity contribution in [2.45, 2.75) is 25.7 Å². The molecule has 0 bridgehead atoms. The minimum atomic E-state index is -4.88. The number of rotatable bonds is 9. The fraction of sp³-hybridized carbons (Fsp3) is 0.227. The van der Waals surface area contributed by atoms with Gasteiger partial charge in [0.1, 0.15) is 17.4 Å². The van der Waals surface area contributed by atoms with Crippen molar-refractivity contribution in [2.24, 2.45) is 0 Å². The second-order valence-corrected chi connectivity index (χ2v) is 6.84. The van der Waals surface area contributed by atoms with Crippen LogP contribution in [-0.4, -0.2) is 29.8 Å². The van der Waals surface area contributed by atoms with Gasteiger partial charge in [-0.25, -0.2) is 13.8 Å². The predicted molar refractivity (Wildman–Crippen MR) is 106 cm³/mol. The molecule has 1 heterocycles. The molecule has 2 aromatic carbocycles. The predicted octanol–water partition coefficient (Wildman–Crippen LogP) is 4.31. The Balaban J connectivity index is 1.43. The molecule has 1 amide bonds. The Kier molecular flexibility index (Phi) is 7.82. The zero-order chi connectivity index (χ0) is 24.7. The number of hydrogen-bond acceptors (Lipinski definition) is 6. The Hall–Kier alpha value is -3.96. The van der Waals surface area contributed by atoms with Gasteiger partial charge in [-0.2, -0.15) is 0 Å². The van der Waals surface area contributed by atoms with Crippen LogP contribution in [0, 0.1) is 11.6 Å². The number of carbonyl (C=O) groups excluding carboxylic acids is 2. The van der Waals surface area contributed by atoms with Crippen molar-refractivity contribution in [3.8, 4) is 17.1 Å². The standard InChI is InChI=1S/C22H17F5N2O5/c23-14-5-6-15(16(24)9-14)18-11-29-20(33-18)7-8-21(31)32-12-19(30)28-10-13-3-1-2-4-17(13)34-22(25,26)27/h1-6,9,11H,7-8,10,12H2,(H,28,30). The number of alkyl halides is 3. The number of nitrogens with zero attached hydrogens (tertiary/aromatic N) is 1. The number of aryl methyl sites for hydroxylation is 1. The van der Waals surface area contributed by atoms with Gasteiger partial charge in [-0.15, -0.1) is 13.2 Å². The molecule has 0 atom stereocenters. The van der Waals surface area contributed by atoms with E-state index in [4.69, 9.17) is 9.15 Å². The number of aromatic nitrogens is 1. The summed E-state index contributed by atoms with van der Waals surface area (Å²) in [7, 11) is 0. The number of esters is 1. The minimum Gasteiger partial charge on any atom is -0.456 e. The van der Waals surface area contributed by atoms with E-state index in [9.17, 15) is 31.5 Å². The Labute approximate surface area is 189 Å². The van der Waals surface area contributed by atoms with Crippen LogP contribution in [0.15, 0.2) is 53.1 Å². The molecular weight excluding hydrogens is 467 g/mol. The molecule has 0 spiro atoms. The van der Waals surface area contributed by atoms with E-state index in [-0.39, 0.29) is 42.2 Å². The zero-order valence-corrected chi connectivity index (χ0v) is 17.3. The first-order valence-corrected chi connectivity index (χ1v) is 9.77. The van der Waals surface area contributed by atoms with Crippen LogP contribution in [0.2, 0.25) is 0 Å². The monoisotopic (exact) mass is 484 g/mol. The van der Waals surface area contributed by atoms with Gasteiger partial charge in [0.25, 0.3) is 5.91 Å². The Morgan fingerprint density at radius 2 is 1.85 bits per heavy atom. The van der Waals surface area contributed by atoms with Crippen LogP contribution in [-0.2, 0) is 27.3 Å². The summed E-state index contributed by atoms with van der Waals surface area (Å²) in [6, 6.07) is 8.22. The van der Waals surface area contributed by atoms with E-state index < -0.39 is 42.2 Å². The first-order valence-electron chi connectivity index (χ1n) is 9.77. The Morgan fingerprint density at radius 1 is 1.09 bits per heavy atom. The number of para-hydroxylation sites is 1. The Morgan fingerprint density at radius 3 is 2.59 bits per heavy atom. The summed E-state index contributed by atoms with van der Waals surface area (Å²) in [4.78, 5) is 27.6. The summed E-state index contributed by atoms with van der Waals surface area (Å²) >= 11 is 0. The number of halogens is 5. The molecule has 1 N–H and O–H groups in total. The lowest BCUT2D eigenvalue weighted by Crippen LogP contribution is -2.29. The highest BCUT2D eigenvalue weighted by molar-refractivity contribution is 5.80. The van der Waals surface area contributed by atoms with Gasteiger partial charge >= 0.3 is 12.3 Å². The normalized spacial score (nSPS) is 11.2. The molecule has 0 saturated heterocycles. The van der Waals surface area contributed by atoms with Crippen LogP contribution in [0.5, 0.6) is 5.75 Å². The molecule has 3 aromatic rings. The van der Waals surface area contributed by atoms with Gasteiger partial charge in [0.05, 0.1) is 18.2 Å². The van der Waals surface area contributed by atoms with E-state index >= 15 is 0 Å². The number of benzene rings is 2. The first kappa shape index (κ1) is 24.7. The van der Waals surface area contributed by atoms with Crippen molar-refractivity contribution in [3.63, 3.8) is 0 Å². The van der Waals surface area contributed by atoms with Crippen LogP contribution < -0.4 is 10.1 Å². The molecule has 0 aliphatic heterocycles. The summed E-state index contributed by atoms with van der Waals surface area (Å²) in [6.45, 7) is -0.930. The van der Waals surface area contributed by atoms with Crippen molar-refractivity contribution in [1.29, 1.82) is 0 Å². The molecule has 34 heavy (non-hydrogen) atoms. The lowest BCUT2D eigenvalue weighted by Gasteiger charge is -2.13. The molecule has 0 fully saturated rings.